The Morgan fingerprint density at radius 3 is 1.98 bits per heavy atom. The van der Waals surface area contributed by atoms with Crippen LogP contribution >= 0.6 is 11.3 Å². The third-order valence-corrected chi connectivity index (χ3v) is 10.8. The molecule has 0 amide bonds. The van der Waals surface area contributed by atoms with Gasteiger partial charge in [0.25, 0.3) is 0 Å². The third-order valence-electron chi connectivity index (χ3n) is 9.65. The Morgan fingerprint density at radius 2 is 1.10 bits per heavy atom. The monoisotopic (exact) mass is 649 g/mol. The fourth-order valence-electron chi connectivity index (χ4n) is 7.54. The Kier molecular flexibility index (Phi) is 4.07. The molecule has 228 valence electrons. The van der Waals surface area contributed by atoms with Gasteiger partial charge >= 0.3 is 0 Å². The lowest BCUT2D eigenvalue weighted by Gasteiger charge is -2.11. The lowest BCUT2D eigenvalue weighted by molar-refractivity contribution is 1.17. The van der Waals surface area contributed by atoms with E-state index < -0.39 is 54.4 Å². The highest BCUT2D eigenvalue weighted by molar-refractivity contribution is 7.25. The molecule has 3 heterocycles. The van der Waals surface area contributed by atoms with E-state index in [4.69, 9.17) is 6.85 Å². The van der Waals surface area contributed by atoms with Crippen molar-refractivity contribution in [2.45, 2.75) is 0 Å². The third kappa shape index (κ3) is 3.88. The van der Waals surface area contributed by atoms with E-state index in [9.17, 15) is 5.48 Å². The molecule has 8 aromatic carbocycles. The van der Waals surface area contributed by atoms with Crippen LogP contribution in [0.5, 0.6) is 0 Å². The number of rotatable bonds is 3. The summed E-state index contributed by atoms with van der Waals surface area (Å²) in [5.74, 6) is 0. The molecule has 49 heavy (non-hydrogen) atoms. The predicted octanol–water partition coefficient (Wildman–Crippen LogP) is 13.1. The Balaban J connectivity index is 1.27. The molecule has 0 saturated heterocycles. The second kappa shape index (κ2) is 10.2. The molecule has 0 spiro atoms. The van der Waals surface area contributed by atoms with Gasteiger partial charge in [0.05, 0.1) is 34.4 Å². The Morgan fingerprint density at radius 1 is 0.408 bits per heavy atom. The first kappa shape index (κ1) is 19.6. The van der Waals surface area contributed by atoms with Crippen LogP contribution in [0.3, 0.4) is 0 Å². The Bertz CT molecular complexity index is 3580. The van der Waals surface area contributed by atoms with E-state index in [1.54, 1.807) is 15.9 Å². The summed E-state index contributed by atoms with van der Waals surface area (Å²) >= 11 is 1.75. The van der Waals surface area contributed by atoms with Crippen LogP contribution in [0.1, 0.15) is 12.3 Å². The van der Waals surface area contributed by atoms with E-state index in [1.165, 1.54) is 15.5 Å². The zero-order chi connectivity index (χ0) is 39.9. The van der Waals surface area contributed by atoms with Crippen LogP contribution in [0.15, 0.2) is 170 Å². The van der Waals surface area contributed by atoms with Gasteiger partial charge in [0, 0.05) is 53.1 Å². The second-order valence-corrected chi connectivity index (χ2v) is 13.3. The fraction of sp³-hybridized carbons (Fsp3) is 0. The largest absolute Gasteiger partial charge is 0.309 e. The van der Waals surface area contributed by atoms with Gasteiger partial charge in [-0.2, -0.15) is 0 Å². The summed E-state index contributed by atoms with van der Waals surface area (Å²) in [6, 6.07) is 34.6. The standard InChI is InChI=1S/C46H28N2S/c1-2-10-29(11-3-1)30-18-21-32(22-19-30)47-41-25-20-31-12-4-5-13-34(31)46(41)39-27-38-35-14-6-8-16-40(35)48(42(38)28-43(39)47)33-23-24-37-36-15-7-9-17-44(36)49-45(37)26-33/h1-28H/i1D,2D,3D,10D,11D,18D,19D,21D,22D. The van der Waals surface area contributed by atoms with Gasteiger partial charge in [0.1, 0.15) is 0 Å². The molecular formula is C46H28N2S. The summed E-state index contributed by atoms with van der Waals surface area (Å²) in [4.78, 5) is 0. The number of hydrogen-bond acceptors (Lipinski definition) is 1. The molecule has 0 radical (unpaired) electrons. The molecular weight excluding hydrogens is 613 g/mol. The molecule has 0 unspecified atom stereocenters. The first-order chi connectivity index (χ1) is 28.0. The number of thiophene rings is 1. The minimum Gasteiger partial charge on any atom is -0.309 e. The van der Waals surface area contributed by atoms with Gasteiger partial charge in [0.15, 0.2) is 0 Å². The molecule has 0 aliphatic rings. The molecule has 0 atom stereocenters. The molecule has 0 aliphatic carbocycles. The minimum absolute atomic E-state index is 0.00453. The maximum atomic E-state index is 9.48. The van der Waals surface area contributed by atoms with Gasteiger partial charge in [-0.1, -0.05) is 115 Å². The summed E-state index contributed by atoms with van der Waals surface area (Å²) in [7, 11) is 0. The van der Waals surface area contributed by atoms with E-state index >= 15 is 0 Å². The van der Waals surface area contributed by atoms with Crippen molar-refractivity contribution < 1.29 is 12.3 Å². The smallest absolute Gasteiger partial charge is 0.0645 e. The van der Waals surface area contributed by atoms with Gasteiger partial charge in [-0.05, 0) is 76.4 Å². The number of para-hydroxylation sites is 1. The van der Waals surface area contributed by atoms with E-state index in [1.807, 2.05) is 48.5 Å². The van der Waals surface area contributed by atoms with Crippen LogP contribution in [0.4, 0.5) is 0 Å². The molecule has 11 rings (SSSR count). The van der Waals surface area contributed by atoms with Crippen molar-refractivity contribution in [1.29, 1.82) is 0 Å². The number of nitrogens with zero attached hydrogens (tertiary/aromatic N) is 2. The second-order valence-electron chi connectivity index (χ2n) is 12.3. The molecule has 11 aromatic rings. The van der Waals surface area contributed by atoms with Crippen molar-refractivity contribution in [2.75, 3.05) is 0 Å². The van der Waals surface area contributed by atoms with Gasteiger partial charge in [-0.15, -0.1) is 11.3 Å². The number of benzene rings is 8. The van der Waals surface area contributed by atoms with Crippen LogP contribution in [0, 0.1) is 0 Å². The van der Waals surface area contributed by atoms with Crippen LogP contribution in [0.2, 0.25) is 0 Å². The zero-order valence-electron chi connectivity index (χ0n) is 34.8. The highest BCUT2D eigenvalue weighted by atomic mass is 32.1. The minimum atomic E-state index is -0.614. The van der Waals surface area contributed by atoms with Gasteiger partial charge in [-0.25, -0.2) is 0 Å². The molecule has 3 aromatic heterocycles. The summed E-state index contributed by atoms with van der Waals surface area (Å²) in [5, 5.41) is 8.21. The van der Waals surface area contributed by atoms with E-state index in [0.717, 1.165) is 53.7 Å². The lowest BCUT2D eigenvalue weighted by atomic mass is 10.0. The van der Waals surface area contributed by atoms with Crippen LogP contribution in [0.25, 0.3) is 97.1 Å². The molecule has 0 N–H and O–H groups in total. The van der Waals surface area contributed by atoms with Crippen LogP contribution in [-0.4, -0.2) is 9.13 Å². The summed E-state index contributed by atoms with van der Waals surface area (Å²) in [6.45, 7) is 0. The van der Waals surface area contributed by atoms with Crippen molar-refractivity contribution in [1.82, 2.24) is 9.13 Å². The normalized spacial score (nSPS) is 14.7. The van der Waals surface area contributed by atoms with Gasteiger partial charge < -0.3 is 9.13 Å². The molecule has 0 saturated carbocycles. The van der Waals surface area contributed by atoms with Crippen molar-refractivity contribution in [3.8, 4) is 22.5 Å². The summed E-state index contributed by atoms with van der Waals surface area (Å²) < 4.78 is 85.7. The number of aromatic nitrogens is 2. The van der Waals surface area contributed by atoms with E-state index in [0.29, 0.717) is 11.0 Å². The fourth-order valence-corrected chi connectivity index (χ4v) is 8.68. The molecule has 0 aliphatic heterocycles. The van der Waals surface area contributed by atoms with Crippen molar-refractivity contribution >= 4 is 85.9 Å². The summed E-state index contributed by atoms with van der Waals surface area (Å²) in [6.07, 6.45) is 0. The number of hydrogen-bond donors (Lipinski definition) is 0. The average molecular weight is 650 g/mol. The topological polar surface area (TPSA) is 9.86 Å². The number of fused-ring (bicyclic) bond motifs is 11. The average Bonchev–Trinajstić information content (AvgIpc) is 3.89. The maximum Gasteiger partial charge on any atom is 0.0645 e. The summed E-state index contributed by atoms with van der Waals surface area (Å²) in [5.41, 5.74) is 3.51. The lowest BCUT2D eigenvalue weighted by Crippen LogP contribution is -1.96. The van der Waals surface area contributed by atoms with Crippen molar-refractivity contribution in [3.05, 3.63) is 170 Å². The van der Waals surface area contributed by atoms with Crippen molar-refractivity contribution in [3.63, 3.8) is 0 Å². The maximum absolute atomic E-state index is 9.48. The quantitative estimate of drug-likeness (QED) is 0.180. The van der Waals surface area contributed by atoms with Gasteiger partial charge in [-0.3, -0.25) is 0 Å². The van der Waals surface area contributed by atoms with Crippen molar-refractivity contribution in [2.24, 2.45) is 0 Å². The zero-order valence-corrected chi connectivity index (χ0v) is 26.6. The first-order valence-corrected chi connectivity index (χ1v) is 16.9. The predicted molar refractivity (Wildman–Crippen MR) is 211 cm³/mol. The highest BCUT2D eigenvalue weighted by Crippen LogP contribution is 2.43. The SMILES string of the molecule is [2H]c1c([2H])c([2H])c(-c2c([2H])c([2H])c(-n3c4cc5c(cc4c4c6ccccc6ccc43)c3ccccc3n5-c3ccc4c(c3)sc3ccccc34)c([2H])c2[2H])c([2H])c1[2H]. The van der Waals surface area contributed by atoms with Crippen LogP contribution < -0.4 is 0 Å². The Hall–Kier alpha value is -6.16. The first-order valence-electron chi connectivity index (χ1n) is 20.5. The van der Waals surface area contributed by atoms with Crippen LogP contribution in [-0.2, 0) is 0 Å². The van der Waals surface area contributed by atoms with E-state index in [-0.39, 0.29) is 16.8 Å². The highest BCUT2D eigenvalue weighted by Gasteiger charge is 2.20. The molecule has 0 bridgehead atoms. The van der Waals surface area contributed by atoms with E-state index in [2.05, 4.69) is 71.3 Å². The Labute approximate surface area is 298 Å². The molecule has 0 fully saturated rings. The molecule has 3 heteroatoms. The van der Waals surface area contributed by atoms with Gasteiger partial charge in [0.2, 0.25) is 0 Å². The molecule has 2 nitrogen and oxygen atoms in total.